The highest BCUT2D eigenvalue weighted by molar-refractivity contribution is 5.66. The van der Waals surface area contributed by atoms with E-state index in [-0.39, 0.29) is 26.0 Å². The third kappa shape index (κ3) is 76.6. The highest BCUT2D eigenvalue weighted by atomic mass is 16.4. The molecule has 0 heterocycles. The second-order valence-corrected chi connectivity index (χ2v) is 5.63. The van der Waals surface area contributed by atoms with Crippen LogP contribution in [0.15, 0.2) is 0 Å². The first-order valence-corrected chi connectivity index (χ1v) is 10.1. The number of aliphatic carboxylic acids is 1. The summed E-state index contributed by atoms with van der Waals surface area (Å²) in [6, 6.07) is 0. The first-order valence-electron chi connectivity index (χ1n) is 10.1. The van der Waals surface area contributed by atoms with Crippen LogP contribution in [0.4, 0.5) is 0 Å². The number of carboxylic acid groups (broad SMARTS) is 1. The summed E-state index contributed by atoms with van der Waals surface area (Å²) in [4.78, 5) is 10.3. The fourth-order valence-electron chi connectivity index (χ4n) is 1.94. The van der Waals surface area contributed by atoms with Crippen molar-refractivity contribution in [2.45, 2.75) is 105 Å². The van der Waals surface area contributed by atoms with E-state index in [1.807, 2.05) is 0 Å². The molecule has 6 heteroatoms. The second kappa shape index (κ2) is 44.1. The number of carboxylic acids is 1. The molecule has 0 fully saturated rings. The van der Waals surface area contributed by atoms with Gasteiger partial charge in [0.2, 0.25) is 0 Å². The van der Waals surface area contributed by atoms with Crippen molar-refractivity contribution in [2.24, 2.45) is 0 Å². The molecular weight excluding hydrogens is 334 g/mol. The minimum atomic E-state index is -0.657. The van der Waals surface area contributed by atoms with Gasteiger partial charge in [0.1, 0.15) is 0 Å². The highest BCUT2D eigenvalue weighted by Gasteiger charge is 1.96. The van der Waals surface area contributed by atoms with Gasteiger partial charge in [-0.15, -0.1) is 0 Å². The van der Waals surface area contributed by atoms with Crippen LogP contribution in [0.2, 0.25) is 0 Å². The molecule has 0 spiro atoms. The van der Waals surface area contributed by atoms with Crippen molar-refractivity contribution in [2.75, 3.05) is 19.8 Å². The van der Waals surface area contributed by atoms with Crippen LogP contribution in [0.1, 0.15) is 105 Å². The molecule has 0 aromatic carbocycles. The normalized spacial score (nSPS) is 8.58. The van der Waals surface area contributed by atoms with E-state index in [9.17, 15) is 4.79 Å². The van der Waals surface area contributed by atoms with Crippen molar-refractivity contribution >= 4 is 5.97 Å². The highest BCUT2D eigenvalue weighted by Crippen LogP contribution is 2.11. The van der Waals surface area contributed by atoms with Crippen LogP contribution in [-0.2, 0) is 4.79 Å². The molecule has 164 valence electrons. The smallest absolute Gasteiger partial charge is 0.303 e. The van der Waals surface area contributed by atoms with Crippen molar-refractivity contribution < 1.29 is 25.2 Å². The van der Waals surface area contributed by atoms with Gasteiger partial charge in [0, 0.05) is 26.2 Å². The average molecular weight is 384 g/mol. The molecule has 0 unspecified atom stereocenters. The largest absolute Gasteiger partial charge is 0.481 e. The molecule has 0 saturated heterocycles. The van der Waals surface area contributed by atoms with E-state index in [4.69, 9.17) is 20.4 Å². The van der Waals surface area contributed by atoms with Crippen LogP contribution in [-0.4, -0.2) is 46.2 Å². The number of hydrogen-bond acceptors (Lipinski definition) is 5. The van der Waals surface area contributed by atoms with Crippen molar-refractivity contribution in [3.05, 3.63) is 0 Å². The standard InChI is InChI=1S/C14H28O2.3C2H6O.H3N/c1-2-3-4-5-6-7-8-9-10-11-12-13-14(15)16;3*1-2-3;/h2-13H2,1H3,(H,15,16);3*3H,2H2,1H3;1H3. The molecule has 7 N–H and O–H groups in total. The zero-order chi connectivity index (χ0) is 20.2. The molecule has 0 bridgehead atoms. The maximum Gasteiger partial charge on any atom is 0.303 e. The Labute approximate surface area is 162 Å². The zero-order valence-corrected chi connectivity index (χ0v) is 18.0. The van der Waals surface area contributed by atoms with Crippen LogP contribution >= 0.6 is 0 Å². The monoisotopic (exact) mass is 383 g/mol. The van der Waals surface area contributed by atoms with Gasteiger partial charge in [-0.3, -0.25) is 4.79 Å². The quantitative estimate of drug-likeness (QED) is 0.303. The summed E-state index contributed by atoms with van der Waals surface area (Å²) in [5.74, 6) is -0.657. The van der Waals surface area contributed by atoms with Crippen LogP contribution < -0.4 is 6.15 Å². The molecule has 0 rings (SSSR count). The Morgan fingerprint density at radius 1 is 0.577 bits per heavy atom. The first-order chi connectivity index (χ1) is 12.0. The Bertz CT molecular complexity index is 200. The lowest BCUT2D eigenvalue weighted by Crippen LogP contribution is -1.93. The van der Waals surface area contributed by atoms with Gasteiger partial charge in [-0.25, -0.2) is 0 Å². The third-order valence-corrected chi connectivity index (χ3v) is 2.99. The Morgan fingerprint density at radius 2 is 0.808 bits per heavy atom. The van der Waals surface area contributed by atoms with E-state index in [0.29, 0.717) is 6.42 Å². The van der Waals surface area contributed by atoms with Gasteiger partial charge in [0.05, 0.1) is 0 Å². The zero-order valence-electron chi connectivity index (χ0n) is 18.0. The molecule has 0 amide bonds. The van der Waals surface area contributed by atoms with Crippen molar-refractivity contribution in [1.29, 1.82) is 0 Å². The average Bonchev–Trinajstić information content (AvgIpc) is 2.54. The van der Waals surface area contributed by atoms with Crippen LogP contribution in [0.5, 0.6) is 0 Å². The predicted molar refractivity (Wildman–Crippen MR) is 112 cm³/mol. The molecule has 0 aromatic heterocycles. The summed E-state index contributed by atoms with van der Waals surface area (Å²) in [6.07, 6.45) is 14.4. The lowest BCUT2D eigenvalue weighted by Gasteiger charge is -2.01. The Hall–Kier alpha value is -0.690. The van der Waals surface area contributed by atoms with E-state index in [1.165, 1.54) is 57.8 Å². The van der Waals surface area contributed by atoms with Crippen molar-refractivity contribution in [3.8, 4) is 0 Å². The van der Waals surface area contributed by atoms with Gasteiger partial charge in [0.15, 0.2) is 0 Å². The topological polar surface area (TPSA) is 133 Å². The number of hydrogen-bond donors (Lipinski definition) is 5. The van der Waals surface area contributed by atoms with Gasteiger partial charge in [0.25, 0.3) is 0 Å². The van der Waals surface area contributed by atoms with Crippen LogP contribution in [0.25, 0.3) is 0 Å². The van der Waals surface area contributed by atoms with Crippen LogP contribution in [0, 0.1) is 0 Å². The lowest BCUT2D eigenvalue weighted by molar-refractivity contribution is -0.137. The first kappa shape index (κ1) is 36.3. The molecule has 26 heavy (non-hydrogen) atoms. The Balaban J connectivity index is -0.000000123. The second-order valence-electron chi connectivity index (χ2n) is 5.63. The number of aliphatic hydroxyl groups is 3. The molecule has 0 atom stereocenters. The minimum absolute atomic E-state index is 0. The summed E-state index contributed by atoms with van der Waals surface area (Å²) in [6.45, 7) is 8.04. The third-order valence-electron chi connectivity index (χ3n) is 2.99. The van der Waals surface area contributed by atoms with Gasteiger partial charge < -0.3 is 26.6 Å². The summed E-state index contributed by atoms with van der Waals surface area (Å²) in [5, 5.41) is 31.2. The molecule has 0 radical (unpaired) electrons. The van der Waals surface area contributed by atoms with Crippen LogP contribution in [0.3, 0.4) is 0 Å². The Kier molecular flexibility index (Phi) is 61.5. The Morgan fingerprint density at radius 3 is 1.04 bits per heavy atom. The van der Waals surface area contributed by atoms with E-state index >= 15 is 0 Å². The molecule has 0 aliphatic rings. The maximum absolute atomic E-state index is 10.3. The number of rotatable bonds is 12. The van der Waals surface area contributed by atoms with E-state index in [0.717, 1.165) is 12.8 Å². The summed E-state index contributed by atoms with van der Waals surface area (Å²) in [7, 11) is 0. The maximum atomic E-state index is 10.3. The molecule has 0 aliphatic heterocycles. The molecular formula is C20H49NO5. The molecule has 6 nitrogen and oxygen atoms in total. The van der Waals surface area contributed by atoms with Gasteiger partial charge >= 0.3 is 5.97 Å². The van der Waals surface area contributed by atoms with E-state index in [1.54, 1.807) is 20.8 Å². The SMILES string of the molecule is CCCCCCCCCCCCCC(=O)O.CCO.CCO.CCO.N. The van der Waals surface area contributed by atoms with Crippen molar-refractivity contribution in [1.82, 2.24) is 6.15 Å². The summed E-state index contributed by atoms with van der Waals surface area (Å²) < 4.78 is 0. The van der Waals surface area contributed by atoms with Crippen molar-refractivity contribution in [3.63, 3.8) is 0 Å². The fourth-order valence-corrected chi connectivity index (χ4v) is 1.94. The number of carbonyl (C=O) groups is 1. The minimum Gasteiger partial charge on any atom is -0.481 e. The summed E-state index contributed by atoms with van der Waals surface area (Å²) in [5.41, 5.74) is 0. The van der Waals surface area contributed by atoms with Gasteiger partial charge in [-0.2, -0.15) is 0 Å². The van der Waals surface area contributed by atoms with Gasteiger partial charge in [-0.1, -0.05) is 71.1 Å². The predicted octanol–water partition coefficient (Wildman–Crippen LogP) is 4.93. The van der Waals surface area contributed by atoms with E-state index in [2.05, 4.69) is 6.92 Å². The fraction of sp³-hybridized carbons (Fsp3) is 0.950. The van der Waals surface area contributed by atoms with E-state index < -0.39 is 5.97 Å². The number of aliphatic hydroxyl groups excluding tert-OH is 3. The molecule has 0 aliphatic carbocycles. The lowest BCUT2D eigenvalue weighted by atomic mass is 10.1. The summed E-state index contributed by atoms with van der Waals surface area (Å²) >= 11 is 0. The molecule has 0 aromatic rings. The van der Waals surface area contributed by atoms with Gasteiger partial charge in [-0.05, 0) is 27.2 Å². The number of unbranched alkanes of at least 4 members (excludes halogenated alkanes) is 10. The molecule has 0 saturated carbocycles.